The van der Waals surface area contributed by atoms with E-state index in [4.69, 9.17) is 5.73 Å². The van der Waals surface area contributed by atoms with Crippen molar-refractivity contribution in [2.45, 2.75) is 13.5 Å². The van der Waals surface area contributed by atoms with Gasteiger partial charge in [-0.25, -0.2) is 0 Å². The number of amides is 1. The molecule has 4 nitrogen and oxygen atoms in total. The average molecular weight is 281 g/mol. The van der Waals surface area contributed by atoms with E-state index in [0.29, 0.717) is 5.56 Å². The fourth-order valence-corrected chi connectivity index (χ4v) is 2.78. The van der Waals surface area contributed by atoms with Crippen molar-refractivity contribution in [2.75, 3.05) is 18.0 Å². The lowest BCUT2D eigenvalue weighted by Crippen LogP contribution is -2.27. The molecule has 1 amide bonds. The third-order valence-electron chi connectivity index (χ3n) is 3.82. The van der Waals surface area contributed by atoms with Gasteiger partial charge in [0.15, 0.2) is 0 Å². The maximum atomic E-state index is 11.8. The minimum atomic E-state index is -0.389. The zero-order chi connectivity index (χ0) is 14.8. The molecule has 0 fully saturated rings. The Morgan fingerprint density at radius 3 is 2.81 bits per heavy atom. The van der Waals surface area contributed by atoms with E-state index in [1.807, 2.05) is 37.3 Å². The van der Waals surface area contributed by atoms with Crippen molar-refractivity contribution in [3.8, 4) is 0 Å². The lowest BCUT2D eigenvalue weighted by Gasteiger charge is -2.26. The number of carbonyl (C=O) groups is 1. The van der Waals surface area contributed by atoms with E-state index in [1.54, 1.807) is 0 Å². The first-order valence-electron chi connectivity index (χ1n) is 7.13. The van der Waals surface area contributed by atoms with Crippen molar-refractivity contribution in [2.24, 2.45) is 5.73 Å². The van der Waals surface area contributed by atoms with Crippen LogP contribution < -0.4 is 16.0 Å². The van der Waals surface area contributed by atoms with Gasteiger partial charge in [-0.3, -0.25) is 4.79 Å². The molecule has 0 aromatic heterocycles. The van der Waals surface area contributed by atoms with Crippen LogP contribution in [-0.2, 0) is 6.54 Å². The fraction of sp³-hybridized carbons (Fsp3) is 0.235. The Balaban J connectivity index is 2.16. The third-order valence-corrected chi connectivity index (χ3v) is 3.82. The Hall–Kier alpha value is -2.33. The molecule has 1 heterocycles. The molecule has 3 rings (SSSR count). The Kier molecular flexibility index (Phi) is 3.62. The van der Waals surface area contributed by atoms with Gasteiger partial charge in [0.1, 0.15) is 0 Å². The van der Waals surface area contributed by atoms with E-state index in [-0.39, 0.29) is 5.91 Å². The van der Waals surface area contributed by atoms with Gasteiger partial charge in [0.05, 0.1) is 11.3 Å². The summed E-state index contributed by atoms with van der Waals surface area (Å²) in [6, 6.07) is 14.0. The van der Waals surface area contributed by atoms with Crippen LogP contribution in [0.3, 0.4) is 0 Å². The molecule has 0 spiro atoms. The van der Waals surface area contributed by atoms with E-state index >= 15 is 0 Å². The van der Waals surface area contributed by atoms with Crippen LogP contribution in [0.25, 0.3) is 0 Å². The summed E-state index contributed by atoms with van der Waals surface area (Å²) in [5.74, 6) is -0.389. The Bertz CT molecular complexity index is 681. The molecule has 0 unspecified atom stereocenters. The summed E-state index contributed by atoms with van der Waals surface area (Å²) in [5.41, 5.74) is 10.5. The summed E-state index contributed by atoms with van der Waals surface area (Å²) in [6.07, 6.45) is 0. The molecule has 0 bridgehead atoms. The molecule has 2 aromatic rings. The highest BCUT2D eigenvalue weighted by Crippen LogP contribution is 2.32. The number of hydrogen-bond donors (Lipinski definition) is 2. The van der Waals surface area contributed by atoms with Crippen molar-refractivity contribution in [3.05, 3.63) is 59.2 Å². The zero-order valence-electron chi connectivity index (χ0n) is 12.1. The van der Waals surface area contributed by atoms with Gasteiger partial charge in [-0.05, 0) is 36.2 Å². The highest BCUT2D eigenvalue weighted by Gasteiger charge is 2.20. The number of hydrogen-bond acceptors (Lipinski definition) is 3. The number of anilines is 2. The number of benzene rings is 2. The largest absolute Gasteiger partial charge is 0.366 e. The van der Waals surface area contributed by atoms with Gasteiger partial charge < -0.3 is 16.0 Å². The summed E-state index contributed by atoms with van der Waals surface area (Å²) in [6.45, 7) is 4.53. The van der Waals surface area contributed by atoms with Crippen LogP contribution in [0, 0.1) is 6.92 Å². The van der Waals surface area contributed by atoms with E-state index < -0.39 is 0 Å². The zero-order valence-corrected chi connectivity index (χ0v) is 12.1. The number of fused-ring (bicyclic) bond motifs is 1. The summed E-state index contributed by atoms with van der Waals surface area (Å²) < 4.78 is 0. The minimum absolute atomic E-state index is 0.389. The Labute approximate surface area is 124 Å². The van der Waals surface area contributed by atoms with Crippen LogP contribution in [0.15, 0.2) is 42.5 Å². The van der Waals surface area contributed by atoms with Gasteiger partial charge in [-0.1, -0.05) is 24.3 Å². The topological polar surface area (TPSA) is 58.4 Å². The van der Waals surface area contributed by atoms with Crippen LogP contribution in [0.1, 0.15) is 21.5 Å². The molecular weight excluding hydrogens is 262 g/mol. The molecule has 0 saturated heterocycles. The molecule has 0 saturated carbocycles. The van der Waals surface area contributed by atoms with Crippen molar-refractivity contribution < 1.29 is 4.79 Å². The van der Waals surface area contributed by atoms with E-state index in [2.05, 4.69) is 22.3 Å². The van der Waals surface area contributed by atoms with Gasteiger partial charge in [0.25, 0.3) is 5.91 Å². The number of aryl methyl sites for hydroxylation is 1. The maximum Gasteiger partial charge on any atom is 0.250 e. The number of para-hydroxylation sites is 1. The van der Waals surface area contributed by atoms with Crippen molar-refractivity contribution in [1.29, 1.82) is 0 Å². The highest BCUT2D eigenvalue weighted by atomic mass is 16.1. The van der Waals surface area contributed by atoms with Crippen molar-refractivity contribution >= 4 is 17.3 Å². The normalized spacial score (nSPS) is 14.4. The third kappa shape index (κ3) is 2.62. The Morgan fingerprint density at radius 2 is 2.00 bits per heavy atom. The molecular formula is C17H19N3O. The predicted octanol–water partition coefficient (Wildman–Crippen LogP) is 2.34. The van der Waals surface area contributed by atoms with Gasteiger partial charge in [0.2, 0.25) is 0 Å². The first-order chi connectivity index (χ1) is 10.2. The van der Waals surface area contributed by atoms with Gasteiger partial charge >= 0.3 is 0 Å². The first kappa shape index (κ1) is 13.6. The molecule has 3 N–H and O–H groups in total. The van der Waals surface area contributed by atoms with E-state index in [1.165, 1.54) is 5.56 Å². The van der Waals surface area contributed by atoms with Gasteiger partial charge in [-0.2, -0.15) is 0 Å². The number of nitrogens with zero attached hydrogens (tertiary/aromatic N) is 1. The maximum absolute atomic E-state index is 11.8. The number of nitrogens with two attached hydrogens (primary N) is 1. The summed E-state index contributed by atoms with van der Waals surface area (Å²) in [7, 11) is 0. The second-order valence-corrected chi connectivity index (χ2v) is 5.34. The monoisotopic (exact) mass is 281 g/mol. The lowest BCUT2D eigenvalue weighted by atomic mass is 10.1. The molecule has 21 heavy (non-hydrogen) atoms. The SMILES string of the molecule is Cc1ccc(C(N)=O)c(N2CCNCc3ccccc32)c1. The van der Waals surface area contributed by atoms with Gasteiger partial charge in [0, 0.05) is 25.3 Å². The second kappa shape index (κ2) is 5.58. The summed E-state index contributed by atoms with van der Waals surface area (Å²) >= 11 is 0. The quantitative estimate of drug-likeness (QED) is 0.888. The summed E-state index contributed by atoms with van der Waals surface area (Å²) in [4.78, 5) is 13.9. The molecule has 0 radical (unpaired) electrons. The standard InChI is InChI=1S/C17H19N3O/c1-12-6-7-14(17(18)21)16(10-12)20-9-8-19-11-13-4-2-3-5-15(13)20/h2-7,10,19H,8-9,11H2,1H3,(H2,18,21). The second-order valence-electron chi connectivity index (χ2n) is 5.34. The van der Waals surface area contributed by atoms with E-state index in [9.17, 15) is 4.79 Å². The molecule has 0 aliphatic carbocycles. The van der Waals surface area contributed by atoms with Crippen molar-refractivity contribution in [1.82, 2.24) is 5.32 Å². The number of rotatable bonds is 2. The fourth-order valence-electron chi connectivity index (χ4n) is 2.78. The molecule has 4 heteroatoms. The number of primary amides is 1. The van der Waals surface area contributed by atoms with Crippen LogP contribution in [0.5, 0.6) is 0 Å². The minimum Gasteiger partial charge on any atom is -0.366 e. The molecule has 0 atom stereocenters. The molecule has 1 aliphatic rings. The molecule has 2 aromatic carbocycles. The van der Waals surface area contributed by atoms with Crippen LogP contribution >= 0.6 is 0 Å². The smallest absolute Gasteiger partial charge is 0.250 e. The highest BCUT2D eigenvalue weighted by molar-refractivity contribution is 5.99. The van der Waals surface area contributed by atoms with E-state index in [0.717, 1.165) is 36.6 Å². The molecule has 1 aliphatic heterocycles. The number of nitrogens with one attached hydrogen (secondary N) is 1. The summed E-state index contributed by atoms with van der Waals surface area (Å²) in [5, 5.41) is 3.41. The first-order valence-corrected chi connectivity index (χ1v) is 7.13. The van der Waals surface area contributed by atoms with Crippen LogP contribution in [-0.4, -0.2) is 19.0 Å². The molecule has 108 valence electrons. The van der Waals surface area contributed by atoms with Crippen LogP contribution in [0.4, 0.5) is 11.4 Å². The average Bonchev–Trinajstić information content (AvgIpc) is 2.69. The Morgan fingerprint density at radius 1 is 1.19 bits per heavy atom. The number of carbonyl (C=O) groups excluding carboxylic acids is 1. The predicted molar refractivity (Wildman–Crippen MR) is 84.9 cm³/mol. The van der Waals surface area contributed by atoms with Crippen LogP contribution in [0.2, 0.25) is 0 Å². The van der Waals surface area contributed by atoms with Gasteiger partial charge in [-0.15, -0.1) is 0 Å². The lowest BCUT2D eigenvalue weighted by molar-refractivity contribution is 0.100. The van der Waals surface area contributed by atoms with Crippen molar-refractivity contribution in [3.63, 3.8) is 0 Å².